The minimum atomic E-state index is 0.303. The number of ketones is 1. The topological polar surface area (TPSA) is 17.1 Å². The predicted octanol–water partition coefficient (Wildman–Crippen LogP) is 5.65. The Morgan fingerprint density at radius 3 is 2.48 bits per heavy atom. The molecule has 0 bridgehead atoms. The lowest BCUT2D eigenvalue weighted by molar-refractivity contribution is -0.120. The van der Waals surface area contributed by atoms with E-state index in [-0.39, 0.29) is 0 Å². The van der Waals surface area contributed by atoms with E-state index in [1.54, 1.807) is 0 Å². The summed E-state index contributed by atoms with van der Waals surface area (Å²) in [5.41, 5.74) is 2.40. The standard InChI is InChI=1S/C22H34O/c1-13-6-7-17-20-15(3)14(2)19-12-16(23)8-10-22(19,5)18(20)9-11-21(13,17)4/h12-15,17-18,20H,6-11H2,1-5H3/t13-,14-,15?,17?,18?,20?,21+,22+/m0/s1. The number of carbonyl (C=O) groups is 1. The first-order valence-corrected chi connectivity index (χ1v) is 10.0. The number of allylic oxidation sites excluding steroid dienone is 1. The second-order valence-corrected chi connectivity index (χ2v) is 9.94. The molecule has 4 aliphatic rings. The van der Waals surface area contributed by atoms with Gasteiger partial charge in [0.25, 0.3) is 0 Å². The van der Waals surface area contributed by atoms with Gasteiger partial charge in [-0.1, -0.05) is 40.2 Å². The summed E-state index contributed by atoms with van der Waals surface area (Å²) in [6.45, 7) is 12.5. The first kappa shape index (κ1) is 15.9. The molecule has 0 aromatic carbocycles. The Morgan fingerprint density at radius 1 is 1.00 bits per heavy atom. The second kappa shape index (κ2) is 4.96. The molecular weight excluding hydrogens is 280 g/mol. The van der Waals surface area contributed by atoms with Gasteiger partial charge >= 0.3 is 0 Å². The van der Waals surface area contributed by atoms with Gasteiger partial charge in [0.05, 0.1) is 0 Å². The van der Waals surface area contributed by atoms with Crippen molar-refractivity contribution in [3.8, 4) is 0 Å². The van der Waals surface area contributed by atoms with E-state index in [1.165, 1.54) is 31.3 Å². The molecule has 4 aliphatic carbocycles. The van der Waals surface area contributed by atoms with E-state index in [0.717, 1.165) is 42.4 Å². The van der Waals surface area contributed by atoms with Crippen LogP contribution in [0.15, 0.2) is 11.6 Å². The summed E-state index contributed by atoms with van der Waals surface area (Å²) < 4.78 is 0. The summed E-state index contributed by atoms with van der Waals surface area (Å²) in [4.78, 5) is 12.1. The van der Waals surface area contributed by atoms with Crippen molar-refractivity contribution in [2.24, 2.45) is 46.3 Å². The van der Waals surface area contributed by atoms with Crippen molar-refractivity contribution in [2.75, 3.05) is 0 Å². The van der Waals surface area contributed by atoms with Gasteiger partial charge in [0.2, 0.25) is 0 Å². The molecule has 0 aliphatic heterocycles. The third-order valence-corrected chi connectivity index (χ3v) is 9.38. The average molecular weight is 315 g/mol. The maximum Gasteiger partial charge on any atom is 0.155 e. The van der Waals surface area contributed by atoms with Gasteiger partial charge in [0.1, 0.15) is 0 Å². The van der Waals surface area contributed by atoms with Crippen LogP contribution in [0.4, 0.5) is 0 Å². The van der Waals surface area contributed by atoms with Crippen LogP contribution in [0.5, 0.6) is 0 Å². The molecule has 0 aromatic rings. The molecule has 8 atom stereocenters. The van der Waals surface area contributed by atoms with Crippen molar-refractivity contribution in [1.29, 1.82) is 0 Å². The summed E-state index contributed by atoms with van der Waals surface area (Å²) in [6, 6.07) is 0. The minimum absolute atomic E-state index is 0.303. The quantitative estimate of drug-likeness (QED) is 0.565. The van der Waals surface area contributed by atoms with Crippen LogP contribution in [0.2, 0.25) is 0 Å². The third kappa shape index (κ3) is 1.94. The van der Waals surface area contributed by atoms with Crippen LogP contribution in [0.3, 0.4) is 0 Å². The van der Waals surface area contributed by atoms with Crippen molar-refractivity contribution in [3.63, 3.8) is 0 Å². The Labute approximate surface area is 142 Å². The fourth-order valence-corrected chi connectivity index (χ4v) is 7.54. The fraction of sp³-hybridized carbons (Fsp3) is 0.864. The zero-order chi connectivity index (χ0) is 16.6. The van der Waals surface area contributed by atoms with Gasteiger partial charge < -0.3 is 0 Å². The molecule has 4 rings (SSSR count). The maximum atomic E-state index is 12.1. The zero-order valence-electron chi connectivity index (χ0n) is 15.7. The smallest absolute Gasteiger partial charge is 0.155 e. The molecule has 1 nitrogen and oxygen atoms in total. The zero-order valence-corrected chi connectivity index (χ0v) is 15.7. The first-order chi connectivity index (χ1) is 10.8. The Balaban J connectivity index is 1.78. The lowest BCUT2D eigenvalue weighted by Crippen LogP contribution is -2.55. The monoisotopic (exact) mass is 314 g/mol. The van der Waals surface area contributed by atoms with Gasteiger partial charge in [-0.05, 0) is 84.5 Å². The van der Waals surface area contributed by atoms with Crippen LogP contribution >= 0.6 is 0 Å². The van der Waals surface area contributed by atoms with Gasteiger partial charge in [-0.2, -0.15) is 0 Å². The lowest BCUT2D eigenvalue weighted by Gasteiger charge is -2.62. The summed E-state index contributed by atoms with van der Waals surface area (Å²) in [5, 5.41) is 0. The number of rotatable bonds is 0. The third-order valence-electron chi connectivity index (χ3n) is 9.38. The summed E-state index contributed by atoms with van der Waals surface area (Å²) in [5.74, 6) is 5.22. The molecule has 0 amide bonds. The number of fused-ring (bicyclic) bond motifs is 5. The molecule has 0 aromatic heterocycles. The summed E-state index contributed by atoms with van der Waals surface area (Å²) in [6.07, 6.45) is 9.63. The molecule has 3 saturated carbocycles. The van der Waals surface area contributed by atoms with Crippen LogP contribution in [-0.4, -0.2) is 5.78 Å². The van der Waals surface area contributed by atoms with E-state index < -0.39 is 0 Å². The van der Waals surface area contributed by atoms with Crippen molar-refractivity contribution < 1.29 is 4.79 Å². The van der Waals surface area contributed by atoms with Crippen molar-refractivity contribution in [1.82, 2.24) is 0 Å². The van der Waals surface area contributed by atoms with Crippen LogP contribution < -0.4 is 0 Å². The SMILES string of the molecule is CC1C2C(CC[C@@]3(C)C2CC[C@@H]3C)[C@@]2(C)CCC(=O)C=C2[C@H]1C. The van der Waals surface area contributed by atoms with Crippen LogP contribution in [-0.2, 0) is 4.79 Å². The first-order valence-electron chi connectivity index (χ1n) is 10.0. The molecule has 1 heteroatoms. The number of hydrogen-bond acceptors (Lipinski definition) is 1. The van der Waals surface area contributed by atoms with E-state index in [2.05, 4.69) is 40.7 Å². The van der Waals surface area contributed by atoms with Gasteiger partial charge in [-0.3, -0.25) is 4.79 Å². The molecule has 4 unspecified atom stereocenters. The average Bonchev–Trinajstić information content (AvgIpc) is 2.82. The van der Waals surface area contributed by atoms with Gasteiger partial charge in [-0.25, -0.2) is 0 Å². The molecule has 0 saturated heterocycles. The molecular formula is C22H34O. The molecule has 3 fully saturated rings. The van der Waals surface area contributed by atoms with Crippen LogP contribution in [0, 0.1) is 46.3 Å². The normalized spacial score (nSPS) is 55.7. The summed E-state index contributed by atoms with van der Waals surface area (Å²) >= 11 is 0. The highest BCUT2D eigenvalue weighted by Crippen LogP contribution is 2.68. The van der Waals surface area contributed by atoms with E-state index in [4.69, 9.17) is 0 Å². The summed E-state index contributed by atoms with van der Waals surface area (Å²) in [7, 11) is 0. The molecule has 0 radical (unpaired) electrons. The molecule has 0 heterocycles. The molecule has 0 N–H and O–H groups in total. The Kier molecular flexibility index (Phi) is 3.43. The Hall–Kier alpha value is -0.590. The van der Waals surface area contributed by atoms with Gasteiger partial charge in [0, 0.05) is 6.42 Å². The number of carbonyl (C=O) groups excluding carboxylic acids is 1. The second-order valence-electron chi connectivity index (χ2n) is 9.94. The van der Waals surface area contributed by atoms with Crippen molar-refractivity contribution in [2.45, 2.75) is 73.1 Å². The van der Waals surface area contributed by atoms with E-state index >= 15 is 0 Å². The minimum Gasteiger partial charge on any atom is -0.295 e. The van der Waals surface area contributed by atoms with E-state index in [0.29, 0.717) is 22.5 Å². The molecule has 23 heavy (non-hydrogen) atoms. The van der Waals surface area contributed by atoms with Crippen molar-refractivity contribution >= 4 is 5.78 Å². The maximum absolute atomic E-state index is 12.1. The highest BCUT2D eigenvalue weighted by molar-refractivity contribution is 5.91. The van der Waals surface area contributed by atoms with Crippen LogP contribution in [0.25, 0.3) is 0 Å². The lowest BCUT2D eigenvalue weighted by atomic mass is 9.43. The van der Waals surface area contributed by atoms with Crippen LogP contribution in [0.1, 0.15) is 73.1 Å². The van der Waals surface area contributed by atoms with Gasteiger partial charge in [0.15, 0.2) is 5.78 Å². The highest BCUT2D eigenvalue weighted by Gasteiger charge is 2.61. The van der Waals surface area contributed by atoms with Gasteiger partial charge in [-0.15, -0.1) is 0 Å². The number of hydrogen-bond donors (Lipinski definition) is 0. The Bertz CT molecular complexity index is 560. The highest BCUT2D eigenvalue weighted by atomic mass is 16.1. The molecule has 128 valence electrons. The fourth-order valence-electron chi connectivity index (χ4n) is 7.54. The van der Waals surface area contributed by atoms with Crippen molar-refractivity contribution in [3.05, 3.63) is 11.6 Å². The Morgan fingerprint density at radius 2 is 1.74 bits per heavy atom. The predicted molar refractivity (Wildman–Crippen MR) is 95.0 cm³/mol. The van der Waals surface area contributed by atoms with E-state index in [1.807, 2.05) is 0 Å². The molecule has 0 spiro atoms. The largest absolute Gasteiger partial charge is 0.295 e. The van der Waals surface area contributed by atoms with E-state index in [9.17, 15) is 4.79 Å².